The van der Waals surface area contributed by atoms with Crippen LogP contribution >= 0.6 is 0 Å². The third kappa shape index (κ3) is 2.98. The van der Waals surface area contributed by atoms with Gasteiger partial charge in [0.25, 0.3) is 0 Å². The summed E-state index contributed by atoms with van der Waals surface area (Å²) in [5.41, 5.74) is 0.932. The Kier molecular flexibility index (Phi) is 4.59. The first-order valence-electron chi connectivity index (χ1n) is 6.69. The fourth-order valence-corrected chi connectivity index (χ4v) is 2.26. The lowest BCUT2D eigenvalue weighted by Gasteiger charge is -2.19. The maximum Gasteiger partial charge on any atom is 0.331 e. The number of allylic oxidation sites excluding steroid dienone is 2. The zero-order valence-electron chi connectivity index (χ0n) is 13.1. The number of methoxy groups -OCH3 is 2. The summed E-state index contributed by atoms with van der Waals surface area (Å²) in [6, 6.07) is 1.52. The van der Waals surface area contributed by atoms with Crippen LogP contribution in [-0.2, 0) is 9.63 Å². The molecule has 0 radical (unpaired) electrons. The van der Waals surface area contributed by atoms with E-state index < -0.39 is 5.97 Å². The number of benzene rings is 1. The van der Waals surface area contributed by atoms with Crippen LogP contribution in [0.15, 0.2) is 23.4 Å². The highest BCUT2D eigenvalue weighted by Gasteiger charge is 2.30. The summed E-state index contributed by atoms with van der Waals surface area (Å²) < 4.78 is 10.5. The molecule has 0 atom stereocenters. The number of fused-ring (bicyclic) bond motifs is 1. The highest BCUT2D eigenvalue weighted by atomic mass is 16.7. The first-order valence-corrected chi connectivity index (χ1v) is 6.69. The molecule has 0 saturated heterocycles. The fourth-order valence-electron chi connectivity index (χ4n) is 2.26. The molecule has 7 nitrogen and oxygen atoms in total. The van der Waals surface area contributed by atoms with Crippen LogP contribution in [-0.4, -0.2) is 37.5 Å². The minimum Gasteiger partial charge on any atom is -0.496 e. The molecule has 1 aliphatic carbocycles. The molecule has 2 rings (SSSR count). The summed E-state index contributed by atoms with van der Waals surface area (Å²) in [5, 5.41) is 3.69. The van der Waals surface area contributed by atoms with Gasteiger partial charge in [0.2, 0.25) is 0 Å². The van der Waals surface area contributed by atoms with Crippen molar-refractivity contribution in [1.82, 2.24) is 0 Å². The van der Waals surface area contributed by atoms with Gasteiger partial charge in [-0.1, -0.05) is 5.16 Å². The number of oxime groups is 1. The molecule has 0 heterocycles. The van der Waals surface area contributed by atoms with Gasteiger partial charge in [-0.25, -0.2) is 4.79 Å². The van der Waals surface area contributed by atoms with Gasteiger partial charge in [-0.2, -0.15) is 0 Å². The molecular weight excluding hydrogens is 302 g/mol. The first kappa shape index (κ1) is 16.4. The van der Waals surface area contributed by atoms with Gasteiger partial charge >= 0.3 is 5.97 Å². The molecule has 23 heavy (non-hydrogen) atoms. The number of hydrogen-bond acceptors (Lipinski definition) is 7. The van der Waals surface area contributed by atoms with Crippen molar-refractivity contribution in [2.24, 2.45) is 5.16 Å². The number of ether oxygens (including phenoxy) is 2. The third-order valence-electron chi connectivity index (χ3n) is 3.25. The average molecular weight is 317 g/mol. The van der Waals surface area contributed by atoms with Crippen molar-refractivity contribution in [2.75, 3.05) is 14.2 Å². The molecule has 1 aromatic rings. The van der Waals surface area contributed by atoms with Crippen molar-refractivity contribution in [2.45, 2.75) is 13.8 Å². The van der Waals surface area contributed by atoms with Crippen molar-refractivity contribution < 1.29 is 28.7 Å². The van der Waals surface area contributed by atoms with E-state index >= 15 is 0 Å². The summed E-state index contributed by atoms with van der Waals surface area (Å²) >= 11 is 0. The standard InChI is InChI=1S/C16H15NO6/c1-8(17-23-9(2)18)10-7-13(21-3)14-11(19)5-6-12(20)15(14)16(10)22-4/h5-7H,1-4H3. The second-order valence-electron chi connectivity index (χ2n) is 4.73. The zero-order valence-corrected chi connectivity index (χ0v) is 13.1. The molecule has 0 saturated carbocycles. The lowest BCUT2D eigenvalue weighted by Crippen LogP contribution is -2.17. The molecule has 7 heteroatoms. The number of nitrogens with zero attached hydrogens (tertiary/aromatic N) is 1. The number of ketones is 2. The molecular formula is C16H15NO6. The number of carbonyl (C=O) groups excluding carboxylic acids is 3. The molecule has 0 fully saturated rings. The van der Waals surface area contributed by atoms with E-state index in [1.807, 2.05) is 0 Å². The lowest BCUT2D eigenvalue weighted by atomic mass is 9.89. The molecule has 120 valence electrons. The number of carbonyl (C=O) groups is 3. The van der Waals surface area contributed by atoms with Crippen LogP contribution in [0.4, 0.5) is 0 Å². The average Bonchev–Trinajstić information content (AvgIpc) is 2.54. The van der Waals surface area contributed by atoms with Crippen LogP contribution in [0.3, 0.4) is 0 Å². The summed E-state index contributed by atoms with van der Waals surface area (Å²) in [6.07, 6.45) is 2.36. The molecule has 0 aliphatic heterocycles. The van der Waals surface area contributed by atoms with Crippen LogP contribution in [0, 0.1) is 0 Å². The minimum absolute atomic E-state index is 0.103. The third-order valence-corrected chi connectivity index (χ3v) is 3.25. The van der Waals surface area contributed by atoms with Gasteiger partial charge in [-0.3, -0.25) is 9.59 Å². The SMILES string of the molecule is COc1cc(C(C)=NOC(C)=O)c(OC)c2c1C(=O)C=CC2=O. The van der Waals surface area contributed by atoms with Crippen molar-refractivity contribution in [3.8, 4) is 11.5 Å². The predicted molar refractivity (Wildman–Crippen MR) is 81.3 cm³/mol. The monoisotopic (exact) mass is 317 g/mol. The molecule has 1 aromatic carbocycles. The Bertz CT molecular complexity index is 760. The van der Waals surface area contributed by atoms with Gasteiger partial charge in [-0.15, -0.1) is 0 Å². The van der Waals surface area contributed by atoms with Gasteiger partial charge in [0.15, 0.2) is 11.6 Å². The Morgan fingerprint density at radius 3 is 2.13 bits per heavy atom. The highest BCUT2D eigenvalue weighted by molar-refractivity contribution is 6.25. The number of hydrogen-bond donors (Lipinski definition) is 0. The van der Waals surface area contributed by atoms with E-state index in [2.05, 4.69) is 9.99 Å². The van der Waals surface area contributed by atoms with Crippen molar-refractivity contribution in [1.29, 1.82) is 0 Å². The fraction of sp³-hybridized carbons (Fsp3) is 0.250. The van der Waals surface area contributed by atoms with Crippen LogP contribution in [0.1, 0.15) is 40.1 Å². The lowest BCUT2D eigenvalue weighted by molar-refractivity contribution is -0.140. The normalized spacial score (nSPS) is 13.7. The van der Waals surface area contributed by atoms with E-state index in [1.165, 1.54) is 39.4 Å². The van der Waals surface area contributed by atoms with E-state index in [9.17, 15) is 14.4 Å². The van der Waals surface area contributed by atoms with E-state index in [4.69, 9.17) is 9.47 Å². The van der Waals surface area contributed by atoms with Gasteiger partial charge in [0.05, 0.1) is 31.1 Å². The topological polar surface area (TPSA) is 91.3 Å². The van der Waals surface area contributed by atoms with Gasteiger partial charge < -0.3 is 14.3 Å². The van der Waals surface area contributed by atoms with Crippen LogP contribution in [0.5, 0.6) is 11.5 Å². The van der Waals surface area contributed by atoms with Gasteiger partial charge in [0, 0.05) is 12.5 Å². The molecule has 0 amide bonds. The summed E-state index contributed by atoms with van der Waals surface area (Å²) in [4.78, 5) is 39.8. The van der Waals surface area contributed by atoms with E-state index in [1.54, 1.807) is 6.92 Å². The van der Waals surface area contributed by atoms with E-state index in [0.717, 1.165) is 0 Å². The number of rotatable bonds is 4. The second-order valence-corrected chi connectivity index (χ2v) is 4.73. The summed E-state index contributed by atoms with van der Waals surface area (Å²) in [6.45, 7) is 2.80. The molecule has 0 aromatic heterocycles. The smallest absolute Gasteiger partial charge is 0.331 e. The maximum absolute atomic E-state index is 12.2. The molecule has 1 aliphatic rings. The Morgan fingerprint density at radius 1 is 1.00 bits per heavy atom. The van der Waals surface area contributed by atoms with Crippen molar-refractivity contribution >= 4 is 23.2 Å². The van der Waals surface area contributed by atoms with Gasteiger partial charge in [0.1, 0.15) is 11.5 Å². The molecule has 0 bridgehead atoms. The first-order chi connectivity index (χ1) is 10.9. The van der Waals surface area contributed by atoms with Crippen LogP contribution < -0.4 is 9.47 Å². The van der Waals surface area contributed by atoms with Crippen LogP contribution in [0.25, 0.3) is 0 Å². The van der Waals surface area contributed by atoms with E-state index in [-0.39, 0.29) is 34.2 Å². The summed E-state index contributed by atoms with van der Waals surface area (Å²) in [5.74, 6) is -0.914. The Balaban J connectivity index is 2.74. The summed E-state index contributed by atoms with van der Waals surface area (Å²) in [7, 11) is 2.77. The second kappa shape index (κ2) is 6.43. The Morgan fingerprint density at radius 2 is 1.61 bits per heavy atom. The molecule has 0 unspecified atom stereocenters. The van der Waals surface area contributed by atoms with Crippen molar-refractivity contribution in [3.63, 3.8) is 0 Å². The minimum atomic E-state index is -0.581. The largest absolute Gasteiger partial charge is 0.496 e. The van der Waals surface area contributed by atoms with Gasteiger partial charge in [-0.05, 0) is 25.1 Å². The quantitative estimate of drug-likeness (QED) is 0.479. The Hall–Kier alpha value is -2.96. The van der Waals surface area contributed by atoms with E-state index in [0.29, 0.717) is 11.3 Å². The maximum atomic E-state index is 12.2. The highest BCUT2D eigenvalue weighted by Crippen LogP contribution is 2.37. The van der Waals surface area contributed by atoms with Crippen LogP contribution in [0.2, 0.25) is 0 Å². The predicted octanol–water partition coefficient (Wildman–Crippen LogP) is 1.93. The molecule has 0 N–H and O–H groups in total. The Labute approximate surface area is 132 Å². The zero-order chi connectivity index (χ0) is 17.1. The van der Waals surface area contributed by atoms with Crippen molar-refractivity contribution in [3.05, 3.63) is 34.9 Å². The molecule has 0 spiro atoms.